The summed E-state index contributed by atoms with van der Waals surface area (Å²) in [6.45, 7) is -0.315. The summed E-state index contributed by atoms with van der Waals surface area (Å²) in [6.07, 6.45) is 0.560. The lowest BCUT2D eigenvalue weighted by molar-refractivity contribution is -0.136. The molecule has 36 heavy (non-hydrogen) atoms. The predicted octanol–water partition coefficient (Wildman–Crippen LogP) is 5.10. The molecular weight excluding hydrogens is 456 g/mol. The Labute approximate surface area is 207 Å². The van der Waals surface area contributed by atoms with Crippen molar-refractivity contribution in [3.8, 4) is 11.5 Å². The first kappa shape index (κ1) is 21.9. The van der Waals surface area contributed by atoms with Gasteiger partial charge in [-0.1, -0.05) is 66.7 Å². The molecule has 7 heteroatoms. The normalized spacial score (nSPS) is 16.2. The summed E-state index contributed by atoms with van der Waals surface area (Å²) in [5.41, 5.74) is 3.02. The van der Waals surface area contributed by atoms with Crippen molar-refractivity contribution < 1.29 is 23.8 Å². The Kier molecular flexibility index (Phi) is 5.58. The van der Waals surface area contributed by atoms with Crippen LogP contribution < -0.4 is 9.47 Å². The molecule has 4 aromatic carbocycles. The molecule has 2 aliphatic rings. The van der Waals surface area contributed by atoms with E-state index >= 15 is 0 Å². The largest absolute Gasteiger partial charge is 0.454 e. The molecule has 0 bridgehead atoms. The zero-order valence-electron chi connectivity index (χ0n) is 19.3. The van der Waals surface area contributed by atoms with Gasteiger partial charge in [0.1, 0.15) is 0 Å². The maximum atomic E-state index is 13.2. The minimum Gasteiger partial charge on any atom is -0.454 e. The number of esters is 1. The van der Waals surface area contributed by atoms with E-state index in [1.165, 1.54) is 5.01 Å². The summed E-state index contributed by atoms with van der Waals surface area (Å²) < 4.78 is 15.9. The van der Waals surface area contributed by atoms with E-state index in [1.54, 1.807) is 18.2 Å². The van der Waals surface area contributed by atoms with E-state index in [9.17, 15) is 9.59 Å². The summed E-state index contributed by atoms with van der Waals surface area (Å²) in [5.74, 6) is 0.0367. The number of benzene rings is 4. The molecule has 0 N–H and O–H groups in total. The summed E-state index contributed by atoms with van der Waals surface area (Å²) in [4.78, 5) is 25.8. The first-order chi connectivity index (χ1) is 17.7. The van der Waals surface area contributed by atoms with Crippen LogP contribution in [0.25, 0.3) is 10.8 Å². The topological polar surface area (TPSA) is 77.4 Å². The van der Waals surface area contributed by atoms with E-state index in [0.717, 1.165) is 27.6 Å². The quantitative estimate of drug-likeness (QED) is 0.373. The molecule has 2 heterocycles. The molecule has 2 aliphatic heterocycles. The number of hydrogen-bond acceptors (Lipinski definition) is 6. The third-order valence-corrected chi connectivity index (χ3v) is 6.37. The molecule has 0 fully saturated rings. The first-order valence-corrected chi connectivity index (χ1v) is 11.7. The maximum Gasteiger partial charge on any atom is 0.338 e. The molecule has 0 saturated carbocycles. The number of amides is 1. The van der Waals surface area contributed by atoms with Crippen LogP contribution in [0, 0.1) is 0 Å². The van der Waals surface area contributed by atoms with Gasteiger partial charge in [0.05, 0.1) is 17.3 Å². The van der Waals surface area contributed by atoms with Gasteiger partial charge >= 0.3 is 5.97 Å². The van der Waals surface area contributed by atoms with Crippen molar-refractivity contribution in [3.63, 3.8) is 0 Å². The number of rotatable bonds is 5. The number of ether oxygens (including phenoxy) is 3. The van der Waals surface area contributed by atoms with Crippen LogP contribution in [0.4, 0.5) is 0 Å². The third kappa shape index (κ3) is 4.15. The average Bonchev–Trinajstić information content (AvgIpc) is 3.59. The van der Waals surface area contributed by atoms with E-state index in [2.05, 4.69) is 24.3 Å². The van der Waals surface area contributed by atoms with Gasteiger partial charge in [-0.2, -0.15) is 5.10 Å². The minimum atomic E-state index is -0.615. The average molecular weight is 479 g/mol. The molecule has 0 spiro atoms. The molecule has 1 unspecified atom stereocenters. The fraction of sp³-hybridized carbons (Fsp3) is 0.138. The van der Waals surface area contributed by atoms with Crippen LogP contribution >= 0.6 is 0 Å². The van der Waals surface area contributed by atoms with Crippen LogP contribution in [0.2, 0.25) is 0 Å². The van der Waals surface area contributed by atoms with Gasteiger partial charge in [0.15, 0.2) is 18.1 Å². The lowest BCUT2D eigenvalue weighted by Gasteiger charge is -2.21. The lowest BCUT2D eigenvalue weighted by Crippen LogP contribution is -2.31. The zero-order valence-corrected chi connectivity index (χ0v) is 19.3. The monoisotopic (exact) mass is 478 g/mol. The highest BCUT2D eigenvalue weighted by atomic mass is 16.7. The minimum absolute atomic E-state index is 0.111. The molecule has 4 aromatic rings. The van der Waals surface area contributed by atoms with Crippen molar-refractivity contribution in [1.29, 1.82) is 0 Å². The SMILES string of the molecule is O=C(OCC(=O)N1N=C(c2ccc3ccccc3c2)CC1c1ccccc1)c1ccc2c(c1)OCO2. The van der Waals surface area contributed by atoms with Gasteiger partial charge in [-0.15, -0.1) is 0 Å². The number of hydrogen-bond donors (Lipinski definition) is 0. The molecule has 1 amide bonds. The lowest BCUT2D eigenvalue weighted by atomic mass is 9.97. The number of carbonyl (C=O) groups excluding carboxylic acids is 2. The van der Waals surface area contributed by atoms with Gasteiger partial charge in [-0.3, -0.25) is 4.79 Å². The van der Waals surface area contributed by atoms with E-state index in [1.807, 2.05) is 48.5 Å². The molecule has 0 radical (unpaired) electrons. The summed E-state index contributed by atoms with van der Waals surface area (Å²) in [7, 11) is 0. The highest BCUT2D eigenvalue weighted by Gasteiger charge is 2.33. The number of hydrazone groups is 1. The summed E-state index contributed by atoms with van der Waals surface area (Å²) in [5, 5.41) is 8.38. The summed E-state index contributed by atoms with van der Waals surface area (Å²) in [6, 6.07) is 28.5. The number of fused-ring (bicyclic) bond motifs is 2. The molecule has 6 rings (SSSR count). The van der Waals surface area contributed by atoms with Crippen LogP contribution in [-0.2, 0) is 9.53 Å². The van der Waals surface area contributed by atoms with Gasteiger partial charge in [-0.05, 0) is 46.2 Å². The van der Waals surface area contributed by atoms with Gasteiger partial charge in [0.25, 0.3) is 5.91 Å². The van der Waals surface area contributed by atoms with Crippen LogP contribution in [-0.4, -0.2) is 36.0 Å². The van der Waals surface area contributed by atoms with Crippen molar-refractivity contribution in [3.05, 3.63) is 108 Å². The maximum absolute atomic E-state index is 13.2. The van der Waals surface area contributed by atoms with E-state index in [4.69, 9.17) is 19.3 Å². The second kappa shape index (κ2) is 9.19. The Bertz CT molecular complexity index is 1500. The first-order valence-electron chi connectivity index (χ1n) is 11.7. The van der Waals surface area contributed by atoms with Crippen LogP contribution in [0.15, 0.2) is 96.1 Å². The smallest absolute Gasteiger partial charge is 0.338 e. The molecule has 7 nitrogen and oxygen atoms in total. The molecule has 0 saturated heterocycles. The van der Waals surface area contributed by atoms with Gasteiger partial charge in [0, 0.05) is 6.42 Å². The second-order valence-corrected chi connectivity index (χ2v) is 8.62. The zero-order chi connectivity index (χ0) is 24.5. The van der Waals surface area contributed by atoms with Gasteiger partial charge in [-0.25, -0.2) is 9.80 Å². The Morgan fingerprint density at radius 1 is 0.861 bits per heavy atom. The van der Waals surface area contributed by atoms with E-state index in [-0.39, 0.29) is 18.4 Å². The highest BCUT2D eigenvalue weighted by molar-refractivity contribution is 6.05. The molecule has 1 atom stereocenters. The third-order valence-electron chi connectivity index (χ3n) is 6.37. The number of nitrogens with zero attached hydrogens (tertiary/aromatic N) is 2. The Morgan fingerprint density at radius 3 is 2.50 bits per heavy atom. The Hall–Kier alpha value is -4.65. The summed E-state index contributed by atoms with van der Waals surface area (Å²) >= 11 is 0. The van der Waals surface area contributed by atoms with Crippen molar-refractivity contribution in [2.24, 2.45) is 5.10 Å². The van der Waals surface area contributed by atoms with Crippen LogP contribution in [0.3, 0.4) is 0 Å². The van der Waals surface area contributed by atoms with Crippen LogP contribution in [0.5, 0.6) is 11.5 Å². The van der Waals surface area contributed by atoms with Crippen LogP contribution in [0.1, 0.15) is 33.9 Å². The standard InChI is InChI=1S/C29H22N2O5/c32-28(17-34-29(33)23-12-13-26-27(15-23)36-18-35-26)31-25(20-7-2-1-3-8-20)16-24(30-31)22-11-10-19-6-4-5-9-21(19)14-22/h1-15,25H,16-18H2. The van der Waals surface area contributed by atoms with Crippen molar-refractivity contribution >= 4 is 28.4 Å². The fourth-order valence-corrected chi connectivity index (χ4v) is 4.52. The fourth-order valence-electron chi connectivity index (χ4n) is 4.52. The second-order valence-electron chi connectivity index (χ2n) is 8.62. The molecule has 0 aromatic heterocycles. The Balaban J connectivity index is 1.23. The van der Waals surface area contributed by atoms with Crippen molar-refractivity contribution in [1.82, 2.24) is 5.01 Å². The number of carbonyl (C=O) groups is 2. The van der Waals surface area contributed by atoms with Crippen molar-refractivity contribution in [2.45, 2.75) is 12.5 Å². The molecule has 0 aliphatic carbocycles. The van der Waals surface area contributed by atoms with Crippen molar-refractivity contribution in [2.75, 3.05) is 13.4 Å². The van der Waals surface area contributed by atoms with Gasteiger partial charge < -0.3 is 14.2 Å². The molecule has 178 valence electrons. The molecular formula is C29H22N2O5. The predicted molar refractivity (Wildman–Crippen MR) is 134 cm³/mol. The van der Waals surface area contributed by atoms with E-state index in [0.29, 0.717) is 17.9 Å². The van der Waals surface area contributed by atoms with E-state index < -0.39 is 18.5 Å². The van der Waals surface area contributed by atoms with Gasteiger partial charge in [0.2, 0.25) is 6.79 Å². The Morgan fingerprint density at radius 2 is 1.64 bits per heavy atom. The highest BCUT2D eigenvalue weighted by Crippen LogP contribution is 2.34.